The Hall–Kier alpha value is -6.51. The van der Waals surface area contributed by atoms with Gasteiger partial charge in [-0.3, -0.25) is 38.4 Å². The maximum Gasteiger partial charge on any atom is 0.326 e. The molecule has 0 bridgehead atoms. The standard InChI is InChI=1S/C71H117N7O35/c79-35-43-54(90)58(94)62(98)68(110-43)105-30-26-77(27-31-106-69-63(99)59(95)55(91)44(36-80)111-69)51(87)17-9-4-12-24-72-48(84)22-20-41(75-49(85)23-21-42(67(103)104)76-50(86)34-74-47(83)16-8-1-2-11-19-53(89)109-39-40-14-6-3-7-15-40)66(102)73-25-13-5-10-18-52(88)78(28-32-107-70-64(100)60(96)56(92)45(37-81)112-70)29-33-108-71-65(101)61(97)57(93)46(38-82)113-71/h3,6-7,14-15,41-46,54-65,68-71,79-82,90-101H,1-2,4-5,8-13,16-39H2,(H,72,84)(H,73,102)(H,74,83)(H,75,85)(H,76,86)(H,103,104)/t41-,42-,43+,44+,45+,46+,54+,55+,56+,57+,58-,59-,60-,61-,62-,63-,64-,65-,68-,69-,70-,71-/m0/s1. The Bertz CT molecular complexity index is 2900. The number of carboxylic acid groups (broad SMARTS) is 1. The summed E-state index contributed by atoms with van der Waals surface area (Å²) in [5, 5.41) is 185. The molecule has 0 aromatic heterocycles. The Morgan fingerprint density at radius 2 is 0.735 bits per heavy atom. The van der Waals surface area contributed by atoms with E-state index in [0.717, 1.165) is 5.56 Å². The van der Waals surface area contributed by atoms with E-state index < -0.39 is 228 Å². The van der Waals surface area contributed by atoms with Crippen LogP contribution in [0.25, 0.3) is 0 Å². The molecule has 4 fully saturated rings. The highest BCUT2D eigenvalue weighted by atomic mass is 16.7. The number of aliphatic hydroxyl groups excluding tert-OH is 16. The summed E-state index contributed by atoms with van der Waals surface area (Å²) >= 11 is 0. The molecule has 1 aromatic carbocycles. The number of benzene rings is 1. The summed E-state index contributed by atoms with van der Waals surface area (Å²) in [5.41, 5.74) is 0.856. The summed E-state index contributed by atoms with van der Waals surface area (Å²) in [6.45, 7) is -5.39. The van der Waals surface area contributed by atoms with Gasteiger partial charge in [-0.1, -0.05) is 56.0 Å². The third kappa shape index (κ3) is 33.2. The number of amides is 7. The fourth-order valence-electron chi connectivity index (χ4n) is 12.4. The number of unbranched alkanes of at least 4 members (excludes halogenated alkanes) is 7. The van der Waals surface area contributed by atoms with Gasteiger partial charge in [0.05, 0.1) is 59.4 Å². The SMILES string of the molecule is O=C(CC[C@H](NC(=O)CC[C@H](NC(=O)CNC(=O)CCCCCCC(=O)OCc1ccccc1)C(=O)O)C(=O)NCCCCCC(=O)N(CCO[C@H]1O[C@H](CO)[C@@H](O)[C@H](O)[C@@H]1O)CCO[C@H]1O[C@H](CO)[C@@H](O)[C@H](O)[C@@H]1O)NCCCCCC(=O)N(CCO[C@H]1O[C@H](CO)[C@@H](O)[C@H](O)[C@@H]1O)CCO[C@H]1O[C@H](CO)[C@@H](O)[C@H](O)[C@@H]1O. The third-order valence-electron chi connectivity index (χ3n) is 19.3. The molecule has 7 amide bonds. The third-order valence-corrected chi connectivity index (χ3v) is 19.3. The van der Waals surface area contributed by atoms with Gasteiger partial charge >= 0.3 is 11.9 Å². The van der Waals surface area contributed by atoms with Crippen molar-refractivity contribution < 1.29 is 173 Å². The summed E-state index contributed by atoms with van der Waals surface area (Å²) < 4.78 is 49.2. The summed E-state index contributed by atoms with van der Waals surface area (Å²) in [6, 6.07) is 6.16. The zero-order chi connectivity index (χ0) is 83.1. The van der Waals surface area contributed by atoms with Crippen LogP contribution in [0, 0.1) is 0 Å². The highest BCUT2D eigenvalue weighted by Gasteiger charge is 2.48. The highest BCUT2D eigenvalue weighted by Crippen LogP contribution is 2.27. The fourth-order valence-corrected chi connectivity index (χ4v) is 12.4. The minimum Gasteiger partial charge on any atom is -0.480 e. The largest absolute Gasteiger partial charge is 0.480 e. The number of carbonyl (C=O) groups excluding carboxylic acids is 8. The molecule has 22 N–H and O–H groups in total. The van der Waals surface area contributed by atoms with Crippen LogP contribution in [0.15, 0.2) is 30.3 Å². The number of hydrogen-bond acceptors (Lipinski definition) is 34. The second-order valence-corrected chi connectivity index (χ2v) is 27.8. The zero-order valence-corrected chi connectivity index (χ0v) is 63.0. The second kappa shape index (κ2) is 52.2. The van der Waals surface area contributed by atoms with Crippen LogP contribution in [0.2, 0.25) is 0 Å². The van der Waals surface area contributed by atoms with Crippen LogP contribution in [0.3, 0.4) is 0 Å². The van der Waals surface area contributed by atoms with E-state index >= 15 is 0 Å². The van der Waals surface area contributed by atoms with Gasteiger partial charge in [0, 0.05) is 77.8 Å². The van der Waals surface area contributed by atoms with E-state index in [0.29, 0.717) is 44.9 Å². The molecule has 22 atom stereocenters. The monoisotopic (exact) mass is 1630 g/mol. The van der Waals surface area contributed by atoms with E-state index in [4.69, 9.17) is 42.6 Å². The van der Waals surface area contributed by atoms with Crippen LogP contribution in [0.4, 0.5) is 0 Å². The number of aliphatic hydroxyl groups is 16. The first-order valence-corrected chi connectivity index (χ1v) is 38.1. The average Bonchev–Trinajstić information content (AvgIpc) is 0.829. The maximum absolute atomic E-state index is 13.9. The van der Waals surface area contributed by atoms with Crippen LogP contribution in [-0.4, -0.2) is 383 Å². The van der Waals surface area contributed by atoms with E-state index in [1.165, 1.54) is 9.80 Å². The van der Waals surface area contributed by atoms with Crippen molar-refractivity contribution in [2.75, 3.05) is 98.7 Å². The van der Waals surface area contributed by atoms with E-state index in [2.05, 4.69) is 26.6 Å². The van der Waals surface area contributed by atoms with Gasteiger partial charge in [0.1, 0.15) is 116 Å². The number of ether oxygens (including phenoxy) is 9. The van der Waals surface area contributed by atoms with Crippen LogP contribution in [0.1, 0.15) is 121 Å². The van der Waals surface area contributed by atoms with E-state index in [1.807, 2.05) is 30.3 Å². The summed E-state index contributed by atoms with van der Waals surface area (Å²) in [5.74, 6) is -6.35. The summed E-state index contributed by atoms with van der Waals surface area (Å²) in [7, 11) is 0. The molecule has 0 radical (unpaired) electrons. The molecule has 5 rings (SSSR count). The Kier molecular flexibility index (Phi) is 44.9. The van der Waals surface area contributed by atoms with Gasteiger partial charge in [0.25, 0.3) is 0 Å². The first-order chi connectivity index (χ1) is 54.0. The fraction of sp³-hybridized carbons (Fsp3) is 0.789. The lowest BCUT2D eigenvalue weighted by atomic mass is 9.99. The molecule has 4 saturated heterocycles. The van der Waals surface area contributed by atoms with Crippen molar-refractivity contribution in [3.8, 4) is 0 Å². The number of hydrogen-bond donors (Lipinski definition) is 22. The van der Waals surface area contributed by atoms with Crippen LogP contribution in [-0.2, 0) is 92.4 Å². The van der Waals surface area contributed by atoms with Gasteiger partial charge in [-0.2, -0.15) is 0 Å². The molecule has 0 aliphatic carbocycles. The molecule has 42 heteroatoms. The van der Waals surface area contributed by atoms with Gasteiger partial charge in [-0.05, 0) is 56.9 Å². The molecule has 42 nitrogen and oxygen atoms in total. The number of nitrogens with zero attached hydrogens (tertiary/aromatic N) is 2. The minimum absolute atomic E-state index is 0.0289. The summed E-state index contributed by atoms with van der Waals surface area (Å²) in [6.07, 6.45) is -29.6. The number of nitrogens with one attached hydrogen (secondary N) is 5. The molecule has 0 saturated carbocycles. The average molecular weight is 1630 g/mol. The molecular weight excluding hydrogens is 1510 g/mol. The van der Waals surface area contributed by atoms with Gasteiger partial charge in [-0.15, -0.1) is 0 Å². The van der Waals surface area contributed by atoms with Gasteiger partial charge < -0.3 is 166 Å². The van der Waals surface area contributed by atoms with Crippen molar-refractivity contribution in [2.24, 2.45) is 0 Å². The number of carbonyl (C=O) groups is 9. The predicted molar refractivity (Wildman–Crippen MR) is 382 cm³/mol. The normalized spacial score (nSPS) is 28.2. The molecule has 4 heterocycles. The maximum atomic E-state index is 13.9. The quantitative estimate of drug-likeness (QED) is 0.0213. The number of esters is 1. The molecule has 1 aromatic rings. The Morgan fingerprint density at radius 3 is 1.14 bits per heavy atom. The summed E-state index contributed by atoms with van der Waals surface area (Å²) in [4.78, 5) is 120. The molecule has 0 unspecified atom stereocenters. The molecule has 4 aliphatic heterocycles. The second-order valence-electron chi connectivity index (χ2n) is 27.8. The lowest BCUT2D eigenvalue weighted by Crippen LogP contribution is -2.59. The van der Waals surface area contributed by atoms with E-state index in [9.17, 15) is 130 Å². The zero-order valence-electron chi connectivity index (χ0n) is 63.0. The number of aliphatic carboxylic acids is 1. The van der Waals surface area contributed by atoms with Gasteiger partial charge in [0.15, 0.2) is 25.2 Å². The predicted octanol–water partition coefficient (Wildman–Crippen LogP) is -8.92. The Balaban J connectivity index is 1.13. The first-order valence-electron chi connectivity index (χ1n) is 38.1. The van der Waals surface area contributed by atoms with Gasteiger partial charge in [-0.25, -0.2) is 4.79 Å². The van der Waals surface area contributed by atoms with Crippen LogP contribution >= 0.6 is 0 Å². The van der Waals surface area contributed by atoms with Crippen molar-refractivity contribution in [3.63, 3.8) is 0 Å². The van der Waals surface area contributed by atoms with Crippen molar-refractivity contribution in [1.29, 1.82) is 0 Å². The van der Waals surface area contributed by atoms with E-state index in [1.54, 1.807) is 0 Å². The van der Waals surface area contributed by atoms with Crippen molar-refractivity contribution in [1.82, 2.24) is 36.4 Å². The van der Waals surface area contributed by atoms with Crippen LogP contribution < -0.4 is 26.6 Å². The molecule has 4 aliphatic rings. The smallest absolute Gasteiger partial charge is 0.326 e. The van der Waals surface area contributed by atoms with Gasteiger partial charge in [0.2, 0.25) is 41.4 Å². The number of carboxylic acids is 1. The molecular formula is C71H117N7O35. The first kappa shape index (κ1) is 97.1. The lowest BCUT2D eigenvalue weighted by molar-refractivity contribution is -0.303. The van der Waals surface area contributed by atoms with Crippen LogP contribution in [0.5, 0.6) is 0 Å². The molecule has 0 spiro atoms. The molecule has 113 heavy (non-hydrogen) atoms. The highest BCUT2D eigenvalue weighted by molar-refractivity contribution is 5.90. The minimum atomic E-state index is -1.76. The lowest BCUT2D eigenvalue weighted by Gasteiger charge is -2.40. The van der Waals surface area contributed by atoms with E-state index in [-0.39, 0.29) is 136 Å². The van der Waals surface area contributed by atoms with Crippen molar-refractivity contribution in [2.45, 2.75) is 257 Å². The Morgan fingerprint density at radius 1 is 0.381 bits per heavy atom. The van der Waals surface area contributed by atoms with Crippen molar-refractivity contribution in [3.05, 3.63) is 35.9 Å². The number of rotatable bonds is 53. The topological polar surface area (TPSA) is 647 Å². The Labute approximate surface area is 651 Å². The molecule has 646 valence electrons. The van der Waals surface area contributed by atoms with Crippen molar-refractivity contribution >= 4 is 53.3 Å².